The number of hydrogen-bond acceptors (Lipinski definition) is 7. The Morgan fingerprint density at radius 3 is 2.42 bits per heavy atom. The number of aliphatic hydroxyl groups is 1. The lowest BCUT2D eigenvalue weighted by Crippen LogP contribution is -2.31. The number of benzene rings is 2. The Morgan fingerprint density at radius 1 is 1.06 bits per heavy atom. The van der Waals surface area contributed by atoms with Gasteiger partial charge >= 0.3 is 0 Å². The van der Waals surface area contributed by atoms with Crippen molar-refractivity contribution in [2.24, 2.45) is 0 Å². The fraction of sp³-hybridized carbons (Fsp3) is 0.407. The zero-order chi connectivity index (χ0) is 26.4. The third kappa shape index (κ3) is 5.77. The van der Waals surface area contributed by atoms with Gasteiger partial charge in [-0.2, -0.15) is 0 Å². The molecule has 0 spiro atoms. The van der Waals surface area contributed by atoms with Crippen LogP contribution in [0.1, 0.15) is 44.4 Å². The SMILES string of the molecule is CCOc1cc(/C(O)=C2/C(=O)C(=O)N(CCCOC(C)C)C2c2ccc(OC)c(OC)c2)ccc1Cl. The number of carbonyl (C=O) groups excluding carboxylic acids is 2. The van der Waals surface area contributed by atoms with Crippen molar-refractivity contribution in [1.29, 1.82) is 0 Å². The molecule has 8 nitrogen and oxygen atoms in total. The van der Waals surface area contributed by atoms with Crippen LogP contribution < -0.4 is 14.2 Å². The molecule has 1 saturated heterocycles. The molecule has 1 aliphatic rings. The molecule has 1 heterocycles. The summed E-state index contributed by atoms with van der Waals surface area (Å²) in [6.07, 6.45) is 0.566. The Bertz CT molecular complexity index is 1140. The molecule has 9 heteroatoms. The molecule has 1 aliphatic heterocycles. The number of ether oxygens (including phenoxy) is 4. The molecule has 2 aromatic rings. The summed E-state index contributed by atoms with van der Waals surface area (Å²) >= 11 is 6.20. The molecule has 3 rings (SSSR count). The van der Waals surface area contributed by atoms with E-state index in [2.05, 4.69) is 0 Å². The zero-order valence-electron chi connectivity index (χ0n) is 21.2. The minimum atomic E-state index is -0.838. The number of carbonyl (C=O) groups is 2. The summed E-state index contributed by atoms with van der Waals surface area (Å²) in [6, 6.07) is 9.02. The number of methoxy groups -OCH3 is 2. The number of ketones is 1. The molecule has 1 atom stereocenters. The first-order valence-electron chi connectivity index (χ1n) is 11.8. The van der Waals surface area contributed by atoms with Gasteiger partial charge in [-0.1, -0.05) is 17.7 Å². The highest BCUT2D eigenvalue weighted by molar-refractivity contribution is 6.46. The van der Waals surface area contributed by atoms with Crippen molar-refractivity contribution in [3.63, 3.8) is 0 Å². The van der Waals surface area contributed by atoms with Gasteiger partial charge in [-0.05, 0) is 63.1 Å². The maximum Gasteiger partial charge on any atom is 0.295 e. The van der Waals surface area contributed by atoms with Gasteiger partial charge in [0.25, 0.3) is 11.7 Å². The maximum atomic E-state index is 13.3. The van der Waals surface area contributed by atoms with Crippen LogP contribution in [0.25, 0.3) is 5.76 Å². The monoisotopic (exact) mass is 517 g/mol. The topological polar surface area (TPSA) is 94.5 Å². The average Bonchev–Trinajstić information content (AvgIpc) is 3.12. The van der Waals surface area contributed by atoms with Crippen molar-refractivity contribution in [2.45, 2.75) is 39.3 Å². The molecule has 1 amide bonds. The van der Waals surface area contributed by atoms with E-state index in [1.165, 1.54) is 19.1 Å². The Morgan fingerprint density at radius 2 is 1.78 bits per heavy atom. The van der Waals surface area contributed by atoms with Crippen molar-refractivity contribution in [3.05, 3.63) is 58.1 Å². The van der Waals surface area contributed by atoms with Crippen LogP contribution in [0.15, 0.2) is 42.0 Å². The summed E-state index contributed by atoms with van der Waals surface area (Å²) in [6.45, 7) is 6.73. The number of halogens is 1. The van der Waals surface area contributed by atoms with Crippen molar-refractivity contribution in [1.82, 2.24) is 4.90 Å². The summed E-state index contributed by atoms with van der Waals surface area (Å²) in [4.78, 5) is 27.9. The first-order chi connectivity index (χ1) is 17.2. The van der Waals surface area contributed by atoms with Crippen LogP contribution in [0.2, 0.25) is 5.02 Å². The molecule has 36 heavy (non-hydrogen) atoms. The van der Waals surface area contributed by atoms with Gasteiger partial charge < -0.3 is 29.0 Å². The van der Waals surface area contributed by atoms with Gasteiger partial charge in [-0.15, -0.1) is 0 Å². The number of amides is 1. The van der Waals surface area contributed by atoms with Gasteiger partial charge in [-0.3, -0.25) is 9.59 Å². The number of hydrogen-bond donors (Lipinski definition) is 1. The van der Waals surface area contributed by atoms with Crippen molar-refractivity contribution in [3.8, 4) is 17.2 Å². The Balaban J connectivity index is 2.12. The van der Waals surface area contributed by atoms with E-state index in [9.17, 15) is 14.7 Å². The van der Waals surface area contributed by atoms with Crippen LogP contribution in [0, 0.1) is 0 Å². The zero-order valence-corrected chi connectivity index (χ0v) is 21.9. The second-order valence-electron chi connectivity index (χ2n) is 8.46. The fourth-order valence-corrected chi connectivity index (χ4v) is 4.28. The minimum absolute atomic E-state index is 0.0261. The minimum Gasteiger partial charge on any atom is -0.507 e. The third-order valence-corrected chi connectivity index (χ3v) is 6.07. The number of nitrogens with zero attached hydrogens (tertiary/aromatic N) is 1. The summed E-state index contributed by atoms with van der Waals surface area (Å²) < 4.78 is 21.9. The fourth-order valence-electron chi connectivity index (χ4n) is 4.11. The van der Waals surface area contributed by atoms with Crippen LogP contribution in [0.5, 0.6) is 17.2 Å². The van der Waals surface area contributed by atoms with E-state index in [1.54, 1.807) is 36.4 Å². The number of aliphatic hydroxyl groups excluding tert-OH is 1. The lowest BCUT2D eigenvalue weighted by Gasteiger charge is -2.26. The van der Waals surface area contributed by atoms with Gasteiger partial charge in [0.15, 0.2) is 11.5 Å². The smallest absolute Gasteiger partial charge is 0.295 e. The van der Waals surface area contributed by atoms with Gasteiger partial charge in [0, 0.05) is 18.7 Å². The second-order valence-corrected chi connectivity index (χ2v) is 8.87. The highest BCUT2D eigenvalue weighted by Crippen LogP contribution is 2.42. The van der Waals surface area contributed by atoms with E-state index in [1.807, 2.05) is 20.8 Å². The molecular formula is C27H32ClNO7. The van der Waals surface area contributed by atoms with Crippen LogP contribution in [-0.4, -0.2) is 61.8 Å². The number of rotatable bonds is 11. The van der Waals surface area contributed by atoms with Gasteiger partial charge in [0.1, 0.15) is 11.5 Å². The molecule has 194 valence electrons. The standard InChI is InChI=1S/C27H32ClNO7/c1-6-35-21-15-18(8-10-19(21)28)25(30)23-24(17-9-11-20(33-4)22(14-17)34-5)29(27(32)26(23)31)12-7-13-36-16(2)3/h8-11,14-16,24,30H,6-7,12-13H2,1-5H3/b25-23-. The average molecular weight is 518 g/mol. The maximum absolute atomic E-state index is 13.3. The summed E-state index contributed by atoms with van der Waals surface area (Å²) in [5.74, 6) is -0.473. The molecule has 1 fully saturated rings. The van der Waals surface area contributed by atoms with Crippen LogP contribution in [0.3, 0.4) is 0 Å². The van der Waals surface area contributed by atoms with E-state index in [4.69, 9.17) is 30.5 Å². The normalized spacial score (nSPS) is 17.1. The summed E-state index contributed by atoms with van der Waals surface area (Å²) in [5.41, 5.74) is 0.883. The van der Waals surface area contributed by atoms with E-state index in [-0.39, 0.29) is 24.0 Å². The van der Waals surface area contributed by atoms with Gasteiger partial charge in [-0.25, -0.2) is 0 Å². The molecule has 1 unspecified atom stereocenters. The van der Waals surface area contributed by atoms with Crippen LogP contribution in [-0.2, 0) is 14.3 Å². The molecular weight excluding hydrogens is 486 g/mol. The van der Waals surface area contributed by atoms with Gasteiger partial charge in [0.05, 0.1) is 43.6 Å². The molecule has 0 radical (unpaired) electrons. The Kier molecular flexibility index (Phi) is 9.23. The molecule has 2 aromatic carbocycles. The largest absolute Gasteiger partial charge is 0.507 e. The second kappa shape index (κ2) is 12.1. The number of likely N-dealkylation sites (tertiary alicyclic amines) is 1. The van der Waals surface area contributed by atoms with Crippen molar-refractivity contribution in [2.75, 3.05) is 34.0 Å². The predicted molar refractivity (Wildman–Crippen MR) is 137 cm³/mol. The summed E-state index contributed by atoms with van der Waals surface area (Å²) in [5, 5.41) is 11.7. The first kappa shape index (κ1) is 27.4. The third-order valence-electron chi connectivity index (χ3n) is 5.76. The highest BCUT2D eigenvalue weighted by Gasteiger charge is 2.46. The lowest BCUT2D eigenvalue weighted by atomic mass is 9.95. The molecule has 0 aliphatic carbocycles. The van der Waals surface area contributed by atoms with E-state index < -0.39 is 17.7 Å². The van der Waals surface area contributed by atoms with E-state index in [0.717, 1.165) is 0 Å². The van der Waals surface area contributed by atoms with Crippen LogP contribution >= 0.6 is 11.6 Å². The number of Topliss-reactive ketones (excluding diaryl/α,β-unsaturated/α-hetero) is 1. The van der Waals surface area contributed by atoms with Crippen molar-refractivity contribution < 1.29 is 33.6 Å². The molecule has 0 bridgehead atoms. The van der Waals surface area contributed by atoms with Crippen LogP contribution in [0.4, 0.5) is 0 Å². The molecule has 1 N–H and O–H groups in total. The summed E-state index contributed by atoms with van der Waals surface area (Å²) in [7, 11) is 3.03. The quantitative estimate of drug-likeness (QED) is 0.194. The van der Waals surface area contributed by atoms with E-state index in [0.29, 0.717) is 53.0 Å². The first-order valence-corrected chi connectivity index (χ1v) is 12.2. The predicted octanol–water partition coefficient (Wildman–Crippen LogP) is 4.99. The molecule has 0 aromatic heterocycles. The van der Waals surface area contributed by atoms with E-state index >= 15 is 0 Å². The van der Waals surface area contributed by atoms with Crippen molar-refractivity contribution >= 4 is 29.1 Å². The lowest BCUT2D eigenvalue weighted by molar-refractivity contribution is -0.140. The van der Waals surface area contributed by atoms with Gasteiger partial charge in [0.2, 0.25) is 0 Å². The Labute approximate surface area is 216 Å². The molecule has 0 saturated carbocycles. The Hall–Kier alpha value is -3.23. The highest BCUT2D eigenvalue weighted by atomic mass is 35.5.